The highest BCUT2D eigenvalue weighted by molar-refractivity contribution is 9.10. The normalized spacial score (nSPS) is 10.4. The second kappa shape index (κ2) is 5.32. The molecule has 0 saturated heterocycles. The molecule has 0 fully saturated rings. The van der Waals surface area contributed by atoms with E-state index in [0.717, 1.165) is 5.56 Å². The van der Waals surface area contributed by atoms with Crippen molar-refractivity contribution in [3.63, 3.8) is 0 Å². The Kier molecular flexibility index (Phi) is 4.35. The van der Waals surface area contributed by atoms with Crippen molar-refractivity contribution >= 4 is 15.9 Å². The molecule has 1 aromatic rings. The van der Waals surface area contributed by atoms with Crippen LogP contribution in [0.5, 0.6) is 0 Å². The molecule has 0 aliphatic heterocycles. The average molecular weight is 249 g/mol. The Morgan fingerprint density at radius 2 is 2.23 bits per heavy atom. The Labute approximate surface area is 84.8 Å². The minimum Gasteiger partial charge on any atom is -0.359 e. The van der Waals surface area contributed by atoms with Crippen molar-refractivity contribution in [2.75, 3.05) is 13.9 Å². The highest BCUT2D eigenvalue weighted by Gasteiger charge is 2.00. The van der Waals surface area contributed by atoms with Gasteiger partial charge in [0.15, 0.2) is 0 Å². The van der Waals surface area contributed by atoms with Crippen LogP contribution in [0.15, 0.2) is 22.7 Å². The third-order valence-electron chi connectivity index (χ3n) is 1.45. The van der Waals surface area contributed by atoms with Crippen LogP contribution in [0.4, 0.5) is 4.39 Å². The Morgan fingerprint density at radius 1 is 1.46 bits per heavy atom. The first-order valence-corrected chi connectivity index (χ1v) is 4.54. The van der Waals surface area contributed by atoms with Crippen LogP contribution < -0.4 is 0 Å². The van der Waals surface area contributed by atoms with Crippen LogP contribution in [0.3, 0.4) is 0 Å². The van der Waals surface area contributed by atoms with E-state index >= 15 is 0 Å². The van der Waals surface area contributed by atoms with Gasteiger partial charge in [0, 0.05) is 7.11 Å². The summed E-state index contributed by atoms with van der Waals surface area (Å²) in [5, 5.41) is 0. The summed E-state index contributed by atoms with van der Waals surface area (Å²) in [4.78, 5) is 0. The first-order chi connectivity index (χ1) is 6.24. The molecule has 0 atom stereocenters. The molecule has 4 heteroatoms. The lowest BCUT2D eigenvalue weighted by Gasteiger charge is -2.03. The zero-order chi connectivity index (χ0) is 9.68. The number of rotatable bonds is 4. The number of benzene rings is 1. The molecular weight excluding hydrogens is 239 g/mol. The Morgan fingerprint density at radius 3 is 2.85 bits per heavy atom. The van der Waals surface area contributed by atoms with Gasteiger partial charge in [-0.15, -0.1) is 0 Å². The van der Waals surface area contributed by atoms with Crippen LogP contribution >= 0.6 is 15.9 Å². The van der Waals surface area contributed by atoms with Crippen LogP contribution in [0.25, 0.3) is 0 Å². The number of halogens is 2. The molecule has 2 nitrogen and oxygen atoms in total. The first kappa shape index (κ1) is 10.6. The fourth-order valence-corrected chi connectivity index (χ4v) is 1.12. The summed E-state index contributed by atoms with van der Waals surface area (Å²) in [6, 6.07) is 4.88. The van der Waals surface area contributed by atoms with E-state index < -0.39 is 0 Å². The van der Waals surface area contributed by atoms with E-state index in [4.69, 9.17) is 9.47 Å². The van der Waals surface area contributed by atoms with E-state index in [1.54, 1.807) is 19.2 Å². The predicted molar refractivity (Wildman–Crippen MR) is 50.8 cm³/mol. The highest BCUT2D eigenvalue weighted by atomic mass is 79.9. The fourth-order valence-electron chi connectivity index (χ4n) is 0.872. The molecule has 13 heavy (non-hydrogen) atoms. The van der Waals surface area contributed by atoms with Gasteiger partial charge in [-0.3, -0.25) is 0 Å². The lowest BCUT2D eigenvalue weighted by atomic mass is 10.2. The molecule has 0 radical (unpaired) electrons. The van der Waals surface area contributed by atoms with E-state index in [1.807, 2.05) is 0 Å². The molecular formula is C9H10BrFO2. The molecule has 0 N–H and O–H groups in total. The molecule has 0 spiro atoms. The standard InChI is InChI=1S/C9H10BrFO2/c1-12-6-13-5-7-2-3-8(10)9(11)4-7/h2-4H,5-6H2,1H3. The quantitative estimate of drug-likeness (QED) is 0.603. The summed E-state index contributed by atoms with van der Waals surface area (Å²) in [5.74, 6) is -0.279. The van der Waals surface area contributed by atoms with Crippen molar-refractivity contribution in [2.45, 2.75) is 6.61 Å². The Bertz CT molecular complexity index is 278. The van der Waals surface area contributed by atoms with Crippen molar-refractivity contribution in [1.29, 1.82) is 0 Å². The number of methoxy groups -OCH3 is 1. The molecule has 1 aromatic carbocycles. The summed E-state index contributed by atoms with van der Waals surface area (Å²) in [6.45, 7) is 0.579. The smallest absolute Gasteiger partial charge is 0.146 e. The minimum absolute atomic E-state index is 0.220. The van der Waals surface area contributed by atoms with Gasteiger partial charge in [0.25, 0.3) is 0 Å². The predicted octanol–water partition coefficient (Wildman–Crippen LogP) is 2.71. The van der Waals surface area contributed by atoms with Gasteiger partial charge >= 0.3 is 0 Å². The molecule has 0 bridgehead atoms. The molecule has 72 valence electrons. The lowest BCUT2D eigenvalue weighted by Crippen LogP contribution is -1.97. The molecule has 0 heterocycles. The van der Waals surface area contributed by atoms with Gasteiger partial charge in [-0.2, -0.15) is 0 Å². The van der Waals surface area contributed by atoms with E-state index in [-0.39, 0.29) is 12.6 Å². The summed E-state index contributed by atoms with van der Waals surface area (Å²) in [5.41, 5.74) is 0.790. The largest absolute Gasteiger partial charge is 0.359 e. The van der Waals surface area contributed by atoms with Crippen LogP contribution in [-0.4, -0.2) is 13.9 Å². The maximum Gasteiger partial charge on any atom is 0.146 e. The summed E-state index contributed by atoms with van der Waals surface area (Å²) in [7, 11) is 1.54. The molecule has 0 saturated carbocycles. The van der Waals surface area contributed by atoms with Gasteiger partial charge in [0.1, 0.15) is 12.6 Å². The van der Waals surface area contributed by atoms with Gasteiger partial charge in [0.05, 0.1) is 11.1 Å². The van der Waals surface area contributed by atoms with E-state index in [9.17, 15) is 4.39 Å². The van der Waals surface area contributed by atoms with Crippen molar-refractivity contribution in [2.24, 2.45) is 0 Å². The third kappa shape index (κ3) is 3.42. The van der Waals surface area contributed by atoms with Crippen LogP contribution in [0.2, 0.25) is 0 Å². The van der Waals surface area contributed by atoms with E-state index in [1.165, 1.54) is 6.07 Å². The van der Waals surface area contributed by atoms with Crippen molar-refractivity contribution in [3.05, 3.63) is 34.1 Å². The second-order valence-corrected chi connectivity index (χ2v) is 3.36. The maximum atomic E-state index is 13.0. The Hall–Kier alpha value is -0.450. The van der Waals surface area contributed by atoms with E-state index in [0.29, 0.717) is 11.1 Å². The summed E-state index contributed by atoms with van der Waals surface area (Å²) < 4.78 is 23.2. The van der Waals surface area contributed by atoms with Gasteiger partial charge in [-0.05, 0) is 33.6 Å². The molecule has 0 unspecified atom stereocenters. The van der Waals surface area contributed by atoms with Crippen molar-refractivity contribution < 1.29 is 13.9 Å². The number of hydrogen-bond donors (Lipinski definition) is 0. The number of hydrogen-bond acceptors (Lipinski definition) is 2. The molecule has 0 aliphatic rings. The van der Waals surface area contributed by atoms with Gasteiger partial charge < -0.3 is 9.47 Å². The summed E-state index contributed by atoms with van der Waals surface area (Å²) in [6.07, 6.45) is 0. The molecule has 0 amide bonds. The third-order valence-corrected chi connectivity index (χ3v) is 2.10. The van der Waals surface area contributed by atoms with Crippen LogP contribution in [0, 0.1) is 5.82 Å². The Balaban J connectivity index is 2.53. The average Bonchev–Trinajstić information content (AvgIpc) is 2.12. The zero-order valence-corrected chi connectivity index (χ0v) is 8.80. The maximum absolute atomic E-state index is 13.0. The second-order valence-electron chi connectivity index (χ2n) is 2.50. The van der Waals surface area contributed by atoms with Gasteiger partial charge in [-0.1, -0.05) is 6.07 Å². The van der Waals surface area contributed by atoms with Gasteiger partial charge in [0.2, 0.25) is 0 Å². The van der Waals surface area contributed by atoms with Crippen LogP contribution in [-0.2, 0) is 16.1 Å². The monoisotopic (exact) mass is 248 g/mol. The fraction of sp³-hybridized carbons (Fsp3) is 0.333. The SMILES string of the molecule is COCOCc1ccc(Br)c(F)c1. The lowest BCUT2D eigenvalue weighted by molar-refractivity contribution is -0.0391. The van der Waals surface area contributed by atoms with Crippen LogP contribution in [0.1, 0.15) is 5.56 Å². The minimum atomic E-state index is -0.279. The highest BCUT2D eigenvalue weighted by Crippen LogP contribution is 2.16. The summed E-state index contributed by atoms with van der Waals surface area (Å²) >= 11 is 3.07. The molecule has 1 rings (SSSR count). The van der Waals surface area contributed by atoms with Crippen molar-refractivity contribution in [3.8, 4) is 0 Å². The molecule has 0 aliphatic carbocycles. The van der Waals surface area contributed by atoms with Gasteiger partial charge in [-0.25, -0.2) is 4.39 Å². The molecule has 0 aromatic heterocycles. The van der Waals surface area contributed by atoms with E-state index in [2.05, 4.69) is 15.9 Å². The van der Waals surface area contributed by atoms with Crippen molar-refractivity contribution in [1.82, 2.24) is 0 Å². The first-order valence-electron chi connectivity index (χ1n) is 3.74. The zero-order valence-electron chi connectivity index (χ0n) is 7.22. The topological polar surface area (TPSA) is 18.5 Å². The number of ether oxygens (including phenoxy) is 2.